The molecule has 3 aromatic heterocycles. The molecule has 34 heavy (non-hydrogen) atoms. The highest BCUT2D eigenvalue weighted by atomic mass is 16.3. The summed E-state index contributed by atoms with van der Waals surface area (Å²) in [6, 6.07) is 20.7. The number of benzene rings is 2. The first-order valence-electron chi connectivity index (χ1n) is 11.6. The number of para-hydroxylation sites is 1. The van der Waals surface area contributed by atoms with Crippen LogP contribution >= 0.6 is 0 Å². The van der Waals surface area contributed by atoms with Gasteiger partial charge in [-0.3, -0.25) is 14.6 Å². The number of hydrogen-bond acceptors (Lipinski definition) is 6. The zero-order chi connectivity index (χ0) is 22.7. The molecule has 5 aromatic rings. The molecule has 1 aliphatic heterocycles. The highest BCUT2D eigenvalue weighted by Crippen LogP contribution is 2.30. The Balaban J connectivity index is 1.25. The fraction of sp³-hybridized carbons (Fsp3) is 0.222. The van der Waals surface area contributed by atoms with E-state index < -0.39 is 0 Å². The highest BCUT2D eigenvalue weighted by Gasteiger charge is 2.22. The molecule has 0 aliphatic carbocycles. The van der Waals surface area contributed by atoms with E-state index in [2.05, 4.69) is 62.4 Å². The lowest BCUT2D eigenvalue weighted by atomic mass is 10.1. The largest absolute Gasteiger partial charge is 0.454 e. The first-order valence-corrected chi connectivity index (χ1v) is 11.6. The van der Waals surface area contributed by atoms with E-state index in [0.717, 1.165) is 67.5 Å². The average Bonchev–Trinajstić information content (AvgIpc) is 3.49. The predicted molar refractivity (Wildman–Crippen MR) is 133 cm³/mol. The summed E-state index contributed by atoms with van der Waals surface area (Å²) < 4.78 is 8.24. The lowest BCUT2D eigenvalue weighted by Gasteiger charge is -2.35. The maximum atomic E-state index is 6.20. The third kappa shape index (κ3) is 4.30. The summed E-state index contributed by atoms with van der Waals surface area (Å²) in [5.41, 5.74) is 4.22. The molecule has 6 rings (SSSR count). The zero-order valence-corrected chi connectivity index (χ0v) is 18.9. The molecule has 4 heterocycles. The molecule has 2 aromatic carbocycles. The van der Waals surface area contributed by atoms with Gasteiger partial charge in [0.2, 0.25) is 0 Å². The lowest BCUT2D eigenvalue weighted by molar-refractivity contribution is 0.249. The molecule has 0 spiro atoms. The minimum atomic E-state index is 0.731. The van der Waals surface area contributed by atoms with Crippen molar-refractivity contribution in [3.8, 4) is 11.5 Å². The SMILES string of the molecule is c1ccc(Cn2cc(CN3CCN(c4cnccn4)CC3)c(-c3cc4ccccc4o3)n2)cc1. The number of furan rings is 1. The van der Waals surface area contributed by atoms with Crippen molar-refractivity contribution in [1.29, 1.82) is 0 Å². The van der Waals surface area contributed by atoms with Crippen LogP contribution in [0.1, 0.15) is 11.1 Å². The lowest BCUT2D eigenvalue weighted by Crippen LogP contribution is -2.46. The van der Waals surface area contributed by atoms with E-state index in [1.807, 2.05) is 35.1 Å². The van der Waals surface area contributed by atoms with Gasteiger partial charge >= 0.3 is 0 Å². The third-order valence-electron chi connectivity index (χ3n) is 6.32. The van der Waals surface area contributed by atoms with E-state index in [1.54, 1.807) is 12.4 Å². The standard InChI is InChI=1S/C27H26N6O/c1-2-6-21(7-3-1)18-33-20-23(27(30-33)25-16-22-8-4-5-9-24(22)34-25)19-31-12-14-32(15-13-31)26-17-28-10-11-29-26/h1-11,16-17,20H,12-15,18-19H2. The highest BCUT2D eigenvalue weighted by molar-refractivity contribution is 5.82. The van der Waals surface area contributed by atoms with Crippen LogP contribution in [0.4, 0.5) is 5.82 Å². The molecule has 0 N–H and O–H groups in total. The smallest absolute Gasteiger partial charge is 0.156 e. The second-order valence-electron chi connectivity index (χ2n) is 8.66. The van der Waals surface area contributed by atoms with Crippen molar-refractivity contribution >= 4 is 16.8 Å². The Morgan fingerprint density at radius 3 is 2.47 bits per heavy atom. The molecule has 1 saturated heterocycles. The van der Waals surface area contributed by atoms with Crippen LogP contribution in [0.3, 0.4) is 0 Å². The normalized spacial score (nSPS) is 14.6. The van der Waals surface area contributed by atoms with Crippen molar-refractivity contribution in [2.75, 3.05) is 31.1 Å². The monoisotopic (exact) mass is 450 g/mol. The fourth-order valence-corrected chi connectivity index (χ4v) is 4.57. The molecule has 0 bridgehead atoms. The Morgan fingerprint density at radius 2 is 1.68 bits per heavy atom. The fourth-order valence-electron chi connectivity index (χ4n) is 4.57. The quantitative estimate of drug-likeness (QED) is 0.381. The molecule has 0 unspecified atom stereocenters. The molecule has 0 radical (unpaired) electrons. The Hall–Kier alpha value is -3.97. The van der Waals surface area contributed by atoms with Crippen molar-refractivity contribution in [3.63, 3.8) is 0 Å². The second kappa shape index (κ2) is 9.11. The topological polar surface area (TPSA) is 63.2 Å². The second-order valence-corrected chi connectivity index (χ2v) is 8.66. The molecule has 0 saturated carbocycles. The van der Waals surface area contributed by atoms with Crippen molar-refractivity contribution in [2.45, 2.75) is 13.1 Å². The van der Waals surface area contributed by atoms with E-state index in [1.165, 1.54) is 11.1 Å². The summed E-state index contributed by atoms with van der Waals surface area (Å²) >= 11 is 0. The van der Waals surface area contributed by atoms with Crippen LogP contribution in [-0.4, -0.2) is 50.8 Å². The van der Waals surface area contributed by atoms with Crippen LogP contribution in [0.2, 0.25) is 0 Å². The number of rotatable bonds is 6. The van der Waals surface area contributed by atoms with Gasteiger partial charge in [0.15, 0.2) is 5.76 Å². The summed E-state index contributed by atoms with van der Waals surface area (Å²) in [5, 5.41) is 6.06. The molecule has 0 amide bonds. The van der Waals surface area contributed by atoms with E-state index in [9.17, 15) is 0 Å². The van der Waals surface area contributed by atoms with Gasteiger partial charge in [0.25, 0.3) is 0 Å². The van der Waals surface area contributed by atoms with Crippen LogP contribution in [0.15, 0.2) is 89.9 Å². The number of fused-ring (bicyclic) bond motifs is 1. The first kappa shape index (κ1) is 20.6. The number of piperazine rings is 1. The Labute approximate surface area is 198 Å². The molecular weight excluding hydrogens is 424 g/mol. The van der Waals surface area contributed by atoms with Gasteiger partial charge in [0, 0.05) is 62.3 Å². The van der Waals surface area contributed by atoms with Crippen LogP contribution in [0.5, 0.6) is 0 Å². The molecular formula is C27H26N6O. The minimum Gasteiger partial charge on any atom is -0.454 e. The van der Waals surface area contributed by atoms with Crippen LogP contribution in [-0.2, 0) is 13.1 Å². The van der Waals surface area contributed by atoms with Crippen molar-refractivity contribution in [2.24, 2.45) is 0 Å². The summed E-state index contributed by atoms with van der Waals surface area (Å²) in [6.07, 6.45) is 7.47. The Bertz CT molecular complexity index is 1340. The van der Waals surface area contributed by atoms with Crippen molar-refractivity contribution in [3.05, 3.63) is 96.6 Å². The van der Waals surface area contributed by atoms with E-state index >= 15 is 0 Å². The predicted octanol–water partition coefficient (Wildman–Crippen LogP) is 4.46. The Morgan fingerprint density at radius 1 is 0.853 bits per heavy atom. The van der Waals surface area contributed by atoms with E-state index in [-0.39, 0.29) is 0 Å². The van der Waals surface area contributed by atoms with Gasteiger partial charge in [-0.25, -0.2) is 4.98 Å². The van der Waals surface area contributed by atoms with Crippen LogP contribution in [0.25, 0.3) is 22.4 Å². The van der Waals surface area contributed by atoms with Crippen LogP contribution in [0, 0.1) is 0 Å². The average molecular weight is 451 g/mol. The van der Waals surface area contributed by atoms with Gasteiger partial charge in [-0.1, -0.05) is 48.5 Å². The first-order chi connectivity index (χ1) is 16.8. The summed E-state index contributed by atoms with van der Waals surface area (Å²) in [5.74, 6) is 1.77. The molecule has 7 heteroatoms. The van der Waals surface area contributed by atoms with Crippen molar-refractivity contribution < 1.29 is 4.42 Å². The molecule has 1 aliphatic rings. The number of nitrogens with zero attached hydrogens (tertiary/aromatic N) is 6. The van der Waals surface area contributed by atoms with Gasteiger partial charge in [0.1, 0.15) is 17.1 Å². The number of aromatic nitrogens is 4. The van der Waals surface area contributed by atoms with Gasteiger partial charge in [-0.2, -0.15) is 5.10 Å². The van der Waals surface area contributed by atoms with Crippen molar-refractivity contribution in [1.82, 2.24) is 24.6 Å². The number of hydrogen-bond donors (Lipinski definition) is 0. The molecule has 170 valence electrons. The zero-order valence-electron chi connectivity index (χ0n) is 18.9. The summed E-state index contributed by atoms with van der Waals surface area (Å²) in [7, 11) is 0. The van der Waals surface area contributed by atoms with Gasteiger partial charge < -0.3 is 9.32 Å². The summed E-state index contributed by atoms with van der Waals surface area (Å²) in [6.45, 7) is 5.33. The van der Waals surface area contributed by atoms with Gasteiger partial charge in [-0.05, 0) is 17.7 Å². The van der Waals surface area contributed by atoms with Crippen LogP contribution < -0.4 is 4.90 Å². The van der Waals surface area contributed by atoms with E-state index in [0.29, 0.717) is 0 Å². The maximum absolute atomic E-state index is 6.20. The van der Waals surface area contributed by atoms with Gasteiger partial charge in [-0.15, -0.1) is 0 Å². The minimum absolute atomic E-state index is 0.731. The molecule has 0 atom stereocenters. The third-order valence-corrected chi connectivity index (χ3v) is 6.32. The molecule has 1 fully saturated rings. The van der Waals surface area contributed by atoms with Gasteiger partial charge in [0.05, 0.1) is 12.7 Å². The number of anilines is 1. The Kier molecular flexibility index (Phi) is 5.53. The molecule has 7 nitrogen and oxygen atoms in total. The summed E-state index contributed by atoms with van der Waals surface area (Å²) in [4.78, 5) is 13.4. The van der Waals surface area contributed by atoms with E-state index in [4.69, 9.17) is 9.52 Å². The maximum Gasteiger partial charge on any atom is 0.156 e.